The number of hydrogen-bond donors (Lipinski definition) is 1. The summed E-state index contributed by atoms with van der Waals surface area (Å²) < 4.78 is 0. The summed E-state index contributed by atoms with van der Waals surface area (Å²) in [6.07, 6.45) is 2.85. The van der Waals surface area contributed by atoms with E-state index in [2.05, 4.69) is 10.7 Å². The summed E-state index contributed by atoms with van der Waals surface area (Å²) in [5.74, 6) is 0.262. The van der Waals surface area contributed by atoms with Crippen molar-refractivity contribution in [3.05, 3.63) is 22.4 Å². The van der Waals surface area contributed by atoms with Gasteiger partial charge in [-0.25, -0.2) is 0 Å². The summed E-state index contributed by atoms with van der Waals surface area (Å²) in [7, 11) is 1.97. The van der Waals surface area contributed by atoms with Gasteiger partial charge in [0.1, 0.15) is 0 Å². The molecule has 0 saturated carbocycles. The zero-order chi connectivity index (χ0) is 11.4. The smallest absolute Gasteiger partial charge is 0.227 e. The number of hydrogen-bond acceptors (Lipinski definition) is 3. The molecule has 1 fully saturated rings. The topological polar surface area (TPSA) is 32.3 Å². The van der Waals surface area contributed by atoms with Crippen LogP contribution in [0, 0.1) is 0 Å². The third-order valence-electron chi connectivity index (χ3n) is 3.12. The average molecular weight is 275 g/mol. The molecule has 17 heavy (non-hydrogen) atoms. The van der Waals surface area contributed by atoms with Gasteiger partial charge in [-0.2, -0.15) is 11.3 Å². The molecule has 0 spiro atoms. The van der Waals surface area contributed by atoms with Gasteiger partial charge in [-0.3, -0.25) is 4.79 Å². The molecule has 1 N–H and O–H groups in total. The van der Waals surface area contributed by atoms with Gasteiger partial charge in [0, 0.05) is 19.1 Å². The maximum Gasteiger partial charge on any atom is 0.227 e. The molecule has 1 atom stereocenters. The Kier molecular flexibility index (Phi) is 5.95. The molecule has 96 valence electrons. The van der Waals surface area contributed by atoms with Crippen molar-refractivity contribution in [2.24, 2.45) is 0 Å². The summed E-state index contributed by atoms with van der Waals surface area (Å²) in [4.78, 5) is 14.0. The maximum absolute atomic E-state index is 12.0. The van der Waals surface area contributed by atoms with E-state index in [0.717, 1.165) is 25.1 Å². The third kappa shape index (κ3) is 3.98. The fraction of sp³-hybridized carbons (Fsp3) is 0.583. The van der Waals surface area contributed by atoms with E-state index in [-0.39, 0.29) is 18.3 Å². The lowest BCUT2D eigenvalue weighted by molar-refractivity contribution is -0.131. The lowest BCUT2D eigenvalue weighted by Gasteiger charge is -2.32. The Morgan fingerprint density at radius 2 is 2.47 bits per heavy atom. The van der Waals surface area contributed by atoms with Crippen molar-refractivity contribution in [3.8, 4) is 0 Å². The summed E-state index contributed by atoms with van der Waals surface area (Å²) in [6, 6.07) is 2.50. The standard InChI is InChI=1S/C12H18N2OS.ClH/c1-13-11-3-2-5-14(8-11)12(15)7-10-4-6-16-9-10;/h4,6,9,11,13H,2-3,5,7-8H2,1H3;1H. The maximum atomic E-state index is 12.0. The van der Waals surface area contributed by atoms with E-state index in [4.69, 9.17) is 0 Å². The fourth-order valence-electron chi connectivity index (χ4n) is 2.12. The quantitative estimate of drug-likeness (QED) is 0.913. The predicted molar refractivity (Wildman–Crippen MR) is 73.9 cm³/mol. The SMILES string of the molecule is CNC1CCCN(C(=O)Cc2ccsc2)C1.Cl. The Balaban J connectivity index is 0.00000144. The molecule has 1 amide bonds. The fourth-order valence-corrected chi connectivity index (χ4v) is 2.79. The molecule has 1 saturated heterocycles. The molecule has 2 heterocycles. The average Bonchev–Trinajstić information content (AvgIpc) is 2.82. The van der Waals surface area contributed by atoms with Gasteiger partial charge in [-0.05, 0) is 42.3 Å². The third-order valence-corrected chi connectivity index (χ3v) is 3.85. The molecule has 0 aromatic carbocycles. The first-order valence-electron chi connectivity index (χ1n) is 5.75. The highest BCUT2D eigenvalue weighted by Crippen LogP contribution is 2.13. The van der Waals surface area contributed by atoms with E-state index >= 15 is 0 Å². The number of carbonyl (C=O) groups is 1. The molecular weight excluding hydrogens is 256 g/mol. The van der Waals surface area contributed by atoms with Crippen LogP contribution in [0.1, 0.15) is 18.4 Å². The normalized spacial score (nSPS) is 19.8. The van der Waals surface area contributed by atoms with Gasteiger partial charge in [0.25, 0.3) is 0 Å². The number of rotatable bonds is 3. The van der Waals surface area contributed by atoms with E-state index in [0.29, 0.717) is 12.5 Å². The van der Waals surface area contributed by atoms with Crippen molar-refractivity contribution < 1.29 is 4.79 Å². The Labute approximate surface area is 113 Å². The van der Waals surface area contributed by atoms with Crippen molar-refractivity contribution in [2.45, 2.75) is 25.3 Å². The van der Waals surface area contributed by atoms with Gasteiger partial charge >= 0.3 is 0 Å². The molecule has 1 aliphatic rings. The van der Waals surface area contributed by atoms with Crippen LogP contribution in [0.3, 0.4) is 0 Å². The molecule has 0 bridgehead atoms. The molecule has 0 aliphatic carbocycles. The van der Waals surface area contributed by atoms with Gasteiger partial charge in [-0.1, -0.05) is 0 Å². The van der Waals surface area contributed by atoms with Crippen molar-refractivity contribution in [2.75, 3.05) is 20.1 Å². The minimum absolute atomic E-state index is 0. The summed E-state index contributed by atoms with van der Waals surface area (Å²) in [5.41, 5.74) is 1.14. The molecule has 1 aromatic heterocycles. The van der Waals surface area contributed by atoms with Crippen LogP contribution in [0.4, 0.5) is 0 Å². The zero-order valence-electron chi connectivity index (χ0n) is 10.0. The molecule has 0 radical (unpaired) electrons. The number of nitrogens with zero attached hydrogens (tertiary/aromatic N) is 1. The second-order valence-electron chi connectivity index (χ2n) is 4.28. The Hall–Kier alpha value is -0.580. The van der Waals surface area contributed by atoms with Crippen LogP contribution < -0.4 is 5.32 Å². The molecular formula is C12H19ClN2OS. The van der Waals surface area contributed by atoms with E-state index in [1.807, 2.05) is 23.4 Å². The number of piperidine rings is 1. The van der Waals surface area contributed by atoms with Crippen molar-refractivity contribution in [1.29, 1.82) is 0 Å². The molecule has 1 unspecified atom stereocenters. The number of nitrogens with one attached hydrogen (secondary N) is 1. The number of likely N-dealkylation sites (N-methyl/N-ethyl adjacent to an activating group) is 1. The number of thiophene rings is 1. The highest BCUT2D eigenvalue weighted by Gasteiger charge is 2.22. The van der Waals surface area contributed by atoms with Crippen LogP contribution in [0.15, 0.2) is 16.8 Å². The van der Waals surface area contributed by atoms with Gasteiger partial charge in [0.05, 0.1) is 6.42 Å². The largest absolute Gasteiger partial charge is 0.341 e. The lowest BCUT2D eigenvalue weighted by atomic mass is 10.1. The molecule has 1 aromatic rings. The Morgan fingerprint density at radius 1 is 1.65 bits per heavy atom. The first kappa shape index (κ1) is 14.5. The number of halogens is 1. The lowest BCUT2D eigenvalue weighted by Crippen LogP contribution is -2.47. The van der Waals surface area contributed by atoms with Gasteiger partial charge in [0.2, 0.25) is 5.91 Å². The van der Waals surface area contributed by atoms with Crippen LogP contribution in [0.5, 0.6) is 0 Å². The minimum Gasteiger partial charge on any atom is -0.341 e. The van der Waals surface area contributed by atoms with Crippen molar-refractivity contribution in [1.82, 2.24) is 10.2 Å². The van der Waals surface area contributed by atoms with Crippen LogP contribution in [-0.2, 0) is 11.2 Å². The second-order valence-corrected chi connectivity index (χ2v) is 5.06. The summed E-state index contributed by atoms with van der Waals surface area (Å²) in [5, 5.41) is 7.33. The molecule has 3 nitrogen and oxygen atoms in total. The van der Waals surface area contributed by atoms with Crippen molar-refractivity contribution in [3.63, 3.8) is 0 Å². The molecule has 5 heteroatoms. The number of likely N-dealkylation sites (tertiary alicyclic amines) is 1. The second kappa shape index (κ2) is 6.99. The zero-order valence-corrected chi connectivity index (χ0v) is 11.6. The Morgan fingerprint density at radius 3 is 3.12 bits per heavy atom. The number of carbonyl (C=O) groups excluding carboxylic acids is 1. The summed E-state index contributed by atoms with van der Waals surface area (Å²) >= 11 is 1.65. The van der Waals surface area contributed by atoms with Crippen molar-refractivity contribution >= 4 is 29.7 Å². The Bertz CT molecular complexity index is 342. The highest BCUT2D eigenvalue weighted by molar-refractivity contribution is 7.07. The number of amides is 1. The van der Waals surface area contributed by atoms with Crippen LogP contribution in [-0.4, -0.2) is 37.0 Å². The van der Waals surface area contributed by atoms with E-state index in [9.17, 15) is 4.79 Å². The summed E-state index contributed by atoms with van der Waals surface area (Å²) in [6.45, 7) is 1.78. The minimum atomic E-state index is 0. The first-order valence-corrected chi connectivity index (χ1v) is 6.70. The van der Waals surface area contributed by atoms with E-state index < -0.39 is 0 Å². The highest BCUT2D eigenvalue weighted by atomic mass is 35.5. The van der Waals surface area contributed by atoms with Crippen LogP contribution in [0.2, 0.25) is 0 Å². The van der Waals surface area contributed by atoms with Crippen LogP contribution in [0.25, 0.3) is 0 Å². The van der Waals surface area contributed by atoms with Gasteiger partial charge in [0.15, 0.2) is 0 Å². The predicted octanol–water partition coefficient (Wildman–Crippen LogP) is 1.92. The van der Waals surface area contributed by atoms with Gasteiger partial charge in [-0.15, -0.1) is 12.4 Å². The van der Waals surface area contributed by atoms with E-state index in [1.54, 1.807) is 11.3 Å². The van der Waals surface area contributed by atoms with Gasteiger partial charge < -0.3 is 10.2 Å². The van der Waals surface area contributed by atoms with E-state index in [1.165, 1.54) is 6.42 Å². The first-order chi connectivity index (χ1) is 7.79. The molecule has 2 rings (SSSR count). The monoisotopic (exact) mass is 274 g/mol. The van der Waals surface area contributed by atoms with Crippen LogP contribution >= 0.6 is 23.7 Å². The molecule has 1 aliphatic heterocycles.